The van der Waals surface area contributed by atoms with E-state index in [1.807, 2.05) is 6.92 Å². The van der Waals surface area contributed by atoms with E-state index in [-0.39, 0.29) is 29.6 Å². The molecule has 0 aliphatic rings. The summed E-state index contributed by atoms with van der Waals surface area (Å²) in [5, 5.41) is 5.36. The van der Waals surface area contributed by atoms with Crippen molar-refractivity contribution in [3.05, 3.63) is 29.8 Å². The summed E-state index contributed by atoms with van der Waals surface area (Å²) in [6.07, 6.45) is 0.860. The first-order chi connectivity index (χ1) is 10.5. The molecule has 2 amide bonds. The van der Waals surface area contributed by atoms with Crippen LogP contribution in [0.15, 0.2) is 24.3 Å². The maximum absolute atomic E-state index is 11.7. The molecule has 0 spiro atoms. The number of methoxy groups -OCH3 is 1. The number of esters is 1. The van der Waals surface area contributed by atoms with Crippen molar-refractivity contribution in [2.75, 3.05) is 19.0 Å². The minimum atomic E-state index is -0.430. The third kappa shape index (κ3) is 5.85. The molecule has 1 aromatic rings. The van der Waals surface area contributed by atoms with Crippen LogP contribution >= 0.6 is 15.9 Å². The van der Waals surface area contributed by atoms with E-state index < -0.39 is 5.97 Å². The van der Waals surface area contributed by atoms with Crippen molar-refractivity contribution in [1.29, 1.82) is 0 Å². The van der Waals surface area contributed by atoms with Crippen LogP contribution in [0.1, 0.15) is 30.1 Å². The van der Waals surface area contributed by atoms with Crippen molar-refractivity contribution in [3.63, 3.8) is 0 Å². The van der Waals surface area contributed by atoms with Crippen LogP contribution in [0.25, 0.3) is 0 Å². The number of hydrogen-bond donors (Lipinski definition) is 2. The lowest BCUT2D eigenvalue weighted by atomic mass is 10.2. The lowest BCUT2D eigenvalue weighted by Crippen LogP contribution is -2.33. The molecule has 120 valence electrons. The van der Waals surface area contributed by atoms with Gasteiger partial charge in [-0.25, -0.2) is 4.79 Å². The molecule has 1 aromatic carbocycles. The highest BCUT2D eigenvalue weighted by Gasteiger charge is 2.12. The largest absolute Gasteiger partial charge is 0.465 e. The maximum Gasteiger partial charge on any atom is 0.337 e. The van der Waals surface area contributed by atoms with Gasteiger partial charge in [0.05, 0.1) is 17.5 Å². The predicted octanol–water partition coefficient (Wildman–Crippen LogP) is 2.09. The van der Waals surface area contributed by atoms with Crippen LogP contribution in [-0.2, 0) is 14.3 Å². The summed E-state index contributed by atoms with van der Waals surface area (Å²) in [5.41, 5.74) is 0.992. The molecule has 0 bridgehead atoms. The normalized spacial score (nSPS) is 11.4. The summed E-state index contributed by atoms with van der Waals surface area (Å²) in [5.74, 6) is -0.771. The molecule has 7 heteroatoms. The van der Waals surface area contributed by atoms with Gasteiger partial charge >= 0.3 is 5.97 Å². The van der Waals surface area contributed by atoms with Gasteiger partial charge < -0.3 is 15.4 Å². The highest BCUT2D eigenvalue weighted by Crippen LogP contribution is 2.10. The first-order valence-electron chi connectivity index (χ1n) is 6.88. The quantitative estimate of drug-likeness (QED) is 0.568. The second-order valence-corrected chi connectivity index (χ2v) is 5.64. The van der Waals surface area contributed by atoms with Crippen molar-refractivity contribution in [2.24, 2.45) is 0 Å². The fourth-order valence-electron chi connectivity index (χ4n) is 1.63. The van der Waals surface area contributed by atoms with Crippen LogP contribution < -0.4 is 10.6 Å². The number of alkyl halides is 1. The second kappa shape index (κ2) is 9.19. The Bertz CT molecular complexity index is 531. The van der Waals surface area contributed by atoms with Crippen LogP contribution in [0.5, 0.6) is 0 Å². The van der Waals surface area contributed by atoms with Crippen molar-refractivity contribution in [1.82, 2.24) is 5.32 Å². The topological polar surface area (TPSA) is 84.5 Å². The number of benzene rings is 1. The van der Waals surface area contributed by atoms with Crippen LogP contribution in [0.4, 0.5) is 5.69 Å². The maximum atomic E-state index is 11.7. The van der Waals surface area contributed by atoms with Crippen molar-refractivity contribution >= 4 is 39.4 Å². The van der Waals surface area contributed by atoms with Gasteiger partial charge in [-0.15, -0.1) is 0 Å². The van der Waals surface area contributed by atoms with E-state index in [4.69, 9.17) is 0 Å². The molecule has 0 fully saturated rings. The van der Waals surface area contributed by atoms with Gasteiger partial charge in [-0.1, -0.05) is 22.9 Å². The van der Waals surface area contributed by atoms with Gasteiger partial charge in [0.15, 0.2) is 0 Å². The van der Waals surface area contributed by atoms with Crippen LogP contribution in [-0.4, -0.2) is 36.3 Å². The molecular formula is C15H19BrN2O4. The summed E-state index contributed by atoms with van der Waals surface area (Å²) in [7, 11) is 1.31. The van der Waals surface area contributed by atoms with E-state index in [0.29, 0.717) is 17.7 Å². The average molecular weight is 371 g/mol. The summed E-state index contributed by atoms with van der Waals surface area (Å²) in [6, 6.07) is 6.38. The molecule has 2 N–H and O–H groups in total. The summed E-state index contributed by atoms with van der Waals surface area (Å²) >= 11 is 3.24. The van der Waals surface area contributed by atoms with Crippen molar-refractivity contribution < 1.29 is 19.1 Å². The summed E-state index contributed by atoms with van der Waals surface area (Å²) in [6.45, 7) is 2.16. The minimum Gasteiger partial charge on any atom is -0.465 e. The van der Waals surface area contributed by atoms with Gasteiger partial charge in [-0.05, 0) is 30.7 Å². The number of amides is 2. The Morgan fingerprint density at radius 2 is 1.86 bits per heavy atom. The Morgan fingerprint density at radius 1 is 1.23 bits per heavy atom. The molecule has 0 saturated heterocycles. The molecule has 0 aliphatic carbocycles. The molecule has 0 aliphatic heterocycles. The SMILES string of the molecule is CC[C@H](Br)C(=O)NCCC(=O)Nc1ccc(C(=O)OC)cc1. The smallest absolute Gasteiger partial charge is 0.337 e. The van der Waals surface area contributed by atoms with Gasteiger partial charge in [-0.2, -0.15) is 0 Å². The fourth-order valence-corrected chi connectivity index (χ4v) is 1.79. The molecule has 0 radical (unpaired) electrons. The van der Waals surface area contributed by atoms with Crippen LogP contribution in [0.3, 0.4) is 0 Å². The highest BCUT2D eigenvalue weighted by atomic mass is 79.9. The lowest BCUT2D eigenvalue weighted by Gasteiger charge is -2.09. The Labute approximate surface area is 137 Å². The molecule has 0 saturated carbocycles. The van der Waals surface area contributed by atoms with Gasteiger partial charge in [0, 0.05) is 18.7 Å². The van der Waals surface area contributed by atoms with E-state index in [2.05, 4.69) is 31.3 Å². The number of nitrogens with one attached hydrogen (secondary N) is 2. The minimum absolute atomic E-state index is 0.127. The average Bonchev–Trinajstić information content (AvgIpc) is 2.53. The van der Waals surface area contributed by atoms with Gasteiger partial charge in [0.25, 0.3) is 0 Å². The molecule has 22 heavy (non-hydrogen) atoms. The zero-order chi connectivity index (χ0) is 16.5. The van der Waals surface area contributed by atoms with Crippen LogP contribution in [0.2, 0.25) is 0 Å². The zero-order valence-corrected chi connectivity index (χ0v) is 14.1. The first-order valence-corrected chi connectivity index (χ1v) is 7.79. The fraction of sp³-hybridized carbons (Fsp3) is 0.400. The molecule has 0 unspecified atom stereocenters. The lowest BCUT2D eigenvalue weighted by molar-refractivity contribution is -0.120. The Hall–Kier alpha value is -1.89. The standard InChI is InChI=1S/C15H19BrN2O4/c1-3-12(16)14(20)17-9-8-13(19)18-11-6-4-10(5-7-11)15(21)22-2/h4-7,12H,3,8-9H2,1-2H3,(H,17,20)(H,18,19)/t12-/m0/s1. The predicted molar refractivity (Wildman–Crippen MR) is 87.0 cm³/mol. The number of anilines is 1. The van der Waals surface area contributed by atoms with Gasteiger partial charge in [-0.3, -0.25) is 9.59 Å². The third-order valence-electron chi connectivity index (χ3n) is 2.88. The number of halogens is 1. The number of hydrogen-bond acceptors (Lipinski definition) is 4. The third-order valence-corrected chi connectivity index (χ3v) is 3.95. The van der Waals surface area contributed by atoms with Gasteiger partial charge in [0.1, 0.15) is 0 Å². The molecule has 0 heterocycles. The van der Waals surface area contributed by atoms with E-state index in [1.165, 1.54) is 7.11 Å². The Balaban J connectivity index is 2.39. The Kier molecular flexibility index (Phi) is 7.59. The van der Waals surface area contributed by atoms with Crippen molar-refractivity contribution in [2.45, 2.75) is 24.6 Å². The van der Waals surface area contributed by atoms with Gasteiger partial charge in [0.2, 0.25) is 11.8 Å². The van der Waals surface area contributed by atoms with Crippen molar-refractivity contribution in [3.8, 4) is 0 Å². The van der Waals surface area contributed by atoms with E-state index in [9.17, 15) is 14.4 Å². The number of rotatable bonds is 7. The molecule has 0 aromatic heterocycles. The number of carbonyl (C=O) groups excluding carboxylic acids is 3. The van der Waals surface area contributed by atoms with Crippen LogP contribution in [0, 0.1) is 0 Å². The second-order valence-electron chi connectivity index (χ2n) is 4.53. The molecule has 1 rings (SSSR count). The number of carbonyl (C=O) groups is 3. The zero-order valence-electron chi connectivity index (χ0n) is 12.5. The molecule has 6 nitrogen and oxygen atoms in total. The monoisotopic (exact) mass is 370 g/mol. The Morgan fingerprint density at radius 3 is 2.41 bits per heavy atom. The molecule has 1 atom stereocenters. The summed E-state index contributed by atoms with van der Waals surface area (Å²) < 4.78 is 4.59. The number of ether oxygens (including phenoxy) is 1. The van der Waals surface area contributed by atoms with E-state index in [1.54, 1.807) is 24.3 Å². The van der Waals surface area contributed by atoms with E-state index >= 15 is 0 Å². The first kappa shape index (κ1) is 18.2. The summed E-state index contributed by atoms with van der Waals surface area (Å²) in [4.78, 5) is 34.3. The molecular weight excluding hydrogens is 352 g/mol. The van der Waals surface area contributed by atoms with E-state index in [0.717, 1.165) is 0 Å². The highest BCUT2D eigenvalue weighted by molar-refractivity contribution is 9.10.